The summed E-state index contributed by atoms with van der Waals surface area (Å²) >= 11 is 0. The van der Waals surface area contributed by atoms with Crippen LogP contribution >= 0.6 is 0 Å². The van der Waals surface area contributed by atoms with E-state index in [0.717, 1.165) is 5.56 Å². The van der Waals surface area contributed by atoms with Crippen LogP contribution in [0.3, 0.4) is 0 Å². The van der Waals surface area contributed by atoms with Crippen molar-refractivity contribution in [3.05, 3.63) is 35.9 Å². The number of nitrogens with zero attached hydrogens (tertiary/aromatic N) is 1. The first kappa shape index (κ1) is 11.2. The molecule has 15 heavy (non-hydrogen) atoms. The molecule has 0 saturated heterocycles. The Morgan fingerprint density at radius 1 is 1.40 bits per heavy atom. The van der Waals surface area contributed by atoms with Crippen molar-refractivity contribution in [2.24, 2.45) is 10.7 Å². The van der Waals surface area contributed by atoms with Crippen LogP contribution in [-0.2, 0) is 16.1 Å². The van der Waals surface area contributed by atoms with Crippen LogP contribution < -0.4 is 5.73 Å². The number of nitrogens with two attached hydrogens (primary N) is 1. The second kappa shape index (κ2) is 5.80. The standard InChI is InChI=1S/C11H14N2O2/c1-9(12)13-7-11(14)15-8-10-5-3-2-4-6-10/h2-6H,7-8H2,1H3,(H2,12,13). The summed E-state index contributed by atoms with van der Waals surface area (Å²) in [6.45, 7) is 1.89. The van der Waals surface area contributed by atoms with Crippen molar-refractivity contribution in [1.29, 1.82) is 0 Å². The SMILES string of the molecule is CC(N)=NCC(=O)OCc1ccccc1. The molecular formula is C11H14N2O2. The first-order valence-electron chi connectivity index (χ1n) is 4.64. The third kappa shape index (κ3) is 4.81. The van der Waals surface area contributed by atoms with Crippen molar-refractivity contribution in [3.63, 3.8) is 0 Å². The van der Waals surface area contributed by atoms with Crippen molar-refractivity contribution in [2.75, 3.05) is 6.54 Å². The van der Waals surface area contributed by atoms with Crippen molar-refractivity contribution in [3.8, 4) is 0 Å². The Bertz CT molecular complexity index is 343. The summed E-state index contributed by atoms with van der Waals surface area (Å²) < 4.78 is 4.98. The van der Waals surface area contributed by atoms with Gasteiger partial charge in [0.25, 0.3) is 0 Å². The number of hydrogen-bond donors (Lipinski definition) is 1. The highest BCUT2D eigenvalue weighted by Gasteiger charge is 2.01. The molecule has 0 heterocycles. The van der Waals surface area contributed by atoms with Crippen LogP contribution in [0.4, 0.5) is 0 Å². The zero-order valence-corrected chi connectivity index (χ0v) is 8.64. The van der Waals surface area contributed by atoms with E-state index in [-0.39, 0.29) is 19.1 Å². The quantitative estimate of drug-likeness (QED) is 0.456. The summed E-state index contributed by atoms with van der Waals surface area (Å²) in [5, 5.41) is 0. The predicted octanol–water partition coefficient (Wildman–Crippen LogP) is 1.11. The molecule has 0 unspecified atom stereocenters. The molecule has 0 aliphatic carbocycles. The zero-order valence-electron chi connectivity index (χ0n) is 8.64. The highest BCUT2D eigenvalue weighted by atomic mass is 16.5. The molecule has 1 rings (SSSR count). The molecule has 0 atom stereocenters. The molecule has 4 heteroatoms. The number of aliphatic imine (C=N–C) groups is 1. The molecule has 1 aromatic rings. The van der Waals surface area contributed by atoms with E-state index in [9.17, 15) is 4.79 Å². The largest absolute Gasteiger partial charge is 0.459 e. The van der Waals surface area contributed by atoms with Gasteiger partial charge in [-0.2, -0.15) is 0 Å². The van der Waals surface area contributed by atoms with Gasteiger partial charge in [-0.25, -0.2) is 0 Å². The van der Waals surface area contributed by atoms with Gasteiger partial charge in [0.1, 0.15) is 13.2 Å². The minimum absolute atomic E-state index is 0.0187. The van der Waals surface area contributed by atoms with Gasteiger partial charge < -0.3 is 10.5 Å². The summed E-state index contributed by atoms with van der Waals surface area (Å²) in [6.07, 6.45) is 0. The lowest BCUT2D eigenvalue weighted by atomic mass is 10.2. The minimum atomic E-state index is -0.372. The number of hydrogen-bond acceptors (Lipinski definition) is 3. The number of esters is 1. The number of rotatable bonds is 4. The van der Waals surface area contributed by atoms with E-state index in [2.05, 4.69) is 4.99 Å². The molecule has 0 aliphatic rings. The van der Waals surface area contributed by atoms with Crippen LogP contribution in [0.1, 0.15) is 12.5 Å². The number of carbonyl (C=O) groups is 1. The topological polar surface area (TPSA) is 64.7 Å². The molecule has 0 aliphatic heterocycles. The average Bonchev–Trinajstić information content (AvgIpc) is 2.25. The van der Waals surface area contributed by atoms with Crippen LogP contribution in [0, 0.1) is 0 Å². The number of carbonyl (C=O) groups excluding carboxylic acids is 1. The van der Waals surface area contributed by atoms with Gasteiger partial charge in [-0.05, 0) is 12.5 Å². The van der Waals surface area contributed by atoms with Gasteiger partial charge in [0, 0.05) is 0 Å². The number of ether oxygens (including phenoxy) is 1. The fourth-order valence-electron chi connectivity index (χ4n) is 0.973. The molecular weight excluding hydrogens is 192 g/mol. The maximum absolute atomic E-state index is 11.1. The monoisotopic (exact) mass is 206 g/mol. The third-order valence-corrected chi connectivity index (χ3v) is 1.70. The van der Waals surface area contributed by atoms with E-state index in [4.69, 9.17) is 10.5 Å². The molecule has 1 aromatic carbocycles. The van der Waals surface area contributed by atoms with Gasteiger partial charge in [0.2, 0.25) is 0 Å². The lowest BCUT2D eigenvalue weighted by Gasteiger charge is -2.02. The minimum Gasteiger partial charge on any atom is -0.459 e. The predicted molar refractivity (Wildman–Crippen MR) is 58.4 cm³/mol. The Kier molecular flexibility index (Phi) is 4.34. The first-order chi connectivity index (χ1) is 7.18. The Balaban J connectivity index is 2.32. The molecule has 80 valence electrons. The Morgan fingerprint density at radius 2 is 2.07 bits per heavy atom. The normalized spacial score (nSPS) is 11.1. The summed E-state index contributed by atoms with van der Waals surface area (Å²) in [5.41, 5.74) is 6.25. The third-order valence-electron chi connectivity index (χ3n) is 1.70. The maximum Gasteiger partial charge on any atom is 0.328 e. The molecule has 0 fully saturated rings. The highest BCUT2D eigenvalue weighted by molar-refractivity contribution is 5.81. The second-order valence-corrected chi connectivity index (χ2v) is 3.10. The lowest BCUT2D eigenvalue weighted by Crippen LogP contribution is -2.13. The highest BCUT2D eigenvalue weighted by Crippen LogP contribution is 2.00. The van der Waals surface area contributed by atoms with Gasteiger partial charge in [-0.15, -0.1) is 0 Å². The Hall–Kier alpha value is -1.84. The van der Waals surface area contributed by atoms with Crippen molar-refractivity contribution < 1.29 is 9.53 Å². The van der Waals surface area contributed by atoms with Gasteiger partial charge in [0.05, 0.1) is 5.84 Å². The van der Waals surface area contributed by atoms with Crippen LogP contribution in [0.25, 0.3) is 0 Å². The molecule has 2 N–H and O–H groups in total. The van der Waals surface area contributed by atoms with E-state index >= 15 is 0 Å². The Labute approximate surface area is 88.8 Å². The van der Waals surface area contributed by atoms with Crippen LogP contribution in [0.5, 0.6) is 0 Å². The van der Waals surface area contributed by atoms with E-state index < -0.39 is 0 Å². The fraction of sp³-hybridized carbons (Fsp3) is 0.273. The van der Waals surface area contributed by atoms with Gasteiger partial charge in [-0.3, -0.25) is 9.79 Å². The van der Waals surface area contributed by atoms with E-state index in [1.54, 1.807) is 6.92 Å². The van der Waals surface area contributed by atoms with Gasteiger partial charge in [-0.1, -0.05) is 30.3 Å². The van der Waals surface area contributed by atoms with E-state index in [1.807, 2.05) is 30.3 Å². The maximum atomic E-state index is 11.1. The summed E-state index contributed by atoms with van der Waals surface area (Å²) in [7, 11) is 0. The van der Waals surface area contributed by atoms with Gasteiger partial charge in [0.15, 0.2) is 0 Å². The molecule has 0 spiro atoms. The molecule has 0 bridgehead atoms. The van der Waals surface area contributed by atoms with E-state index in [1.165, 1.54) is 0 Å². The van der Waals surface area contributed by atoms with Crippen molar-refractivity contribution >= 4 is 11.8 Å². The molecule has 0 saturated carbocycles. The van der Waals surface area contributed by atoms with Gasteiger partial charge >= 0.3 is 5.97 Å². The van der Waals surface area contributed by atoms with Crippen LogP contribution in [0.2, 0.25) is 0 Å². The number of amidine groups is 1. The average molecular weight is 206 g/mol. The summed E-state index contributed by atoms with van der Waals surface area (Å²) in [5.74, 6) is 0.00955. The zero-order chi connectivity index (χ0) is 11.1. The Morgan fingerprint density at radius 3 is 2.67 bits per heavy atom. The van der Waals surface area contributed by atoms with Crippen molar-refractivity contribution in [2.45, 2.75) is 13.5 Å². The molecule has 0 radical (unpaired) electrons. The lowest BCUT2D eigenvalue weighted by molar-refractivity contribution is -0.143. The van der Waals surface area contributed by atoms with Crippen LogP contribution in [-0.4, -0.2) is 18.3 Å². The molecule has 4 nitrogen and oxygen atoms in total. The first-order valence-corrected chi connectivity index (χ1v) is 4.64. The summed E-state index contributed by atoms with van der Waals surface area (Å²) in [6, 6.07) is 9.49. The second-order valence-electron chi connectivity index (χ2n) is 3.10. The number of benzene rings is 1. The summed E-state index contributed by atoms with van der Waals surface area (Å²) in [4.78, 5) is 14.9. The molecule has 0 amide bonds. The molecule has 0 aromatic heterocycles. The fourth-order valence-corrected chi connectivity index (χ4v) is 0.973. The van der Waals surface area contributed by atoms with Crippen molar-refractivity contribution in [1.82, 2.24) is 0 Å². The smallest absolute Gasteiger partial charge is 0.328 e. The van der Waals surface area contributed by atoms with E-state index in [0.29, 0.717) is 5.84 Å². The van der Waals surface area contributed by atoms with Crippen LogP contribution in [0.15, 0.2) is 35.3 Å².